The van der Waals surface area contributed by atoms with Crippen LogP contribution in [-0.4, -0.2) is 60.5 Å². The lowest BCUT2D eigenvalue weighted by atomic mass is 10.1. The monoisotopic (exact) mass is 396 g/mol. The number of piperazine rings is 1. The van der Waals surface area contributed by atoms with Crippen molar-refractivity contribution in [2.45, 2.75) is 13.8 Å². The van der Waals surface area contributed by atoms with E-state index in [0.29, 0.717) is 44.0 Å². The van der Waals surface area contributed by atoms with Crippen LogP contribution in [0.3, 0.4) is 0 Å². The van der Waals surface area contributed by atoms with Gasteiger partial charge in [0.1, 0.15) is 5.69 Å². The maximum Gasteiger partial charge on any atom is 0.409 e. The third kappa shape index (κ3) is 5.10. The quantitative estimate of drug-likeness (QED) is 0.782. The van der Waals surface area contributed by atoms with Gasteiger partial charge in [-0.2, -0.15) is 0 Å². The molecule has 0 aliphatic carbocycles. The lowest BCUT2D eigenvalue weighted by molar-refractivity contribution is 0.100. The molecule has 1 saturated heterocycles. The fourth-order valence-corrected chi connectivity index (χ4v) is 3.11. The Morgan fingerprint density at radius 1 is 1.10 bits per heavy atom. The lowest BCUT2D eigenvalue weighted by Crippen LogP contribution is -2.49. The minimum Gasteiger partial charge on any atom is -0.450 e. The molecule has 8 nitrogen and oxygen atoms in total. The van der Waals surface area contributed by atoms with Crippen molar-refractivity contribution in [3.05, 3.63) is 53.9 Å². The van der Waals surface area contributed by atoms with Crippen LogP contribution in [0.5, 0.6) is 0 Å². The highest BCUT2D eigenvalue weighted by molar-refractivity contribution is 6.04. The summed E-state index contributed by atoms with van der Waals surface area (Å²) in [6.45, 7) is 6.02. The van der Waals surface area contributed by atoms with Crippen molar-refractivity contribution in [1.82, 2.24) is 9.88 Å². The van der Waals surface area contributed by atoms with E-state index in [1.54, 1.807) is 48.4 Å². The largest absolute Gasteiger partial charge is 0.450 e. The molecular weight excluding hydrogens is 372 g/mol. The minimum absolute atomic E-state index is 0.0665. The second-order valence-corrected chi connectivity index (χ2v) is 6.66. The van der Waals surface area contributed by atoms with E-state index in [2.05, 4.69) is 15.2 Å². The second kappa shape index (κ2) is 9.18. The zero-order valence-corrected chi connectivity index (χ0v) is 16.6. The predicted molar refractivity (Wildman–Crippen MR) is 109 cm³/mol. The fourth-order valence-electron chi connectivity index (χ4n) is 3.11. The number of ether oxygens (including phenoxy) is 1. The molecule has 1 fully saturated rings. The first-order valence-corrected chi connectivity index (χ1v) is 9.53. The van der Waals surface area contributed by atoms with Gasteiger partial charge in [-0.05, 0) is 38.1 Å². The molecule has 2 aromatic rings. The van der Waals surface area contributed by atoms with E-state index in [-0.39, 0.29) is 23.5 Å². The molecule has 1 aliphatic heterocycles. The van der Waals surface area contributed by atoms with Crippen molar-refractivity contribution < 1.29 is 19.1 Å². The molecule has 3 rings (SSSR count). The number of nitrogens with one attached hydrogen (secondary N) is 1. The van der Waals surface area contributed by atoms with Crippen molar-refractivity contribution in [3.8, 4) is 0 Å². The maximum atomic E-state index is 12.6. The lowest BCUT2D eigenvalue weighted by Gasteiger charge is -2.35. The molecule has 2 heterocycles. The number of aromatic nitrogens is 1. The Labute approximate surface area is 169 Å². The molecule has 29 heavy (non-hydrogen) atoms. The molecule has 1 aromatic carbocycles. The molecule has 1 aliphatic rings. The molecule has 0 spiro atoms. The van der Waals surface area contributed by atoms with E-state index in [4.69, 9.17) is 4.74 Å². The summed E-state index contributed by atoms with van der Waals surface area (Å²) in [6.07, 6.45) is 1.29. The number of hydrogen-bond donors (Lipinski definition) is 1. The van der Waals surface area contributed by atoms with Crippen LogP contribution in [-0.2, 0) is 4.74 Å². The average molecular weight is 396 g/mol. The first kappa shape index (κ1) is 20.3. The Morgan fingerprint density at radius 2 is 1.86 bits per heavy atom. The van der Waals surface area contributed by atoms with Crippen molar-refractivity contribution in [3.63, 3.8) is 0 Å². The number of benzene rings is 1. The summed E-state index contributed by atoms with van der Waals surface area (Å²) in [5.41, 5.74) is 2.22. The summed E-state index contributed by atoms with van der Waals surface area (Å²) in [5, 5.41) is 2.78. The van der Waals surface area contributed by atoms with Gasteiger partial charge in [0.05, 0.1) is 6.61 Å². The Hall–Kier alpha value is -3.42. The van der Waals surface area contributed by atoms with Gasteiger partial charge in [-0.1, -0.05) is 12.1 Å². The number of nitrogens with zero attached hydrogens (tertiary/aromatic N) is 3. The number of rotatable bonds is 5. The number of carbonyl (C=O) groups excluding carboxylic acids is 3. The summed E-state index contributed by atoms with van der Waals surface area (Å²) in [5.74, 6) is -0.416. The van der Waals surface area contributed by atoms with Crippen LogP contribution < -0.4 is 10.2 Å². The van der Waals surface area contributed by atoms with Gasteiger partial charge in [0.25, 0.3) is 5.91 Å². The number of Topliss-reactive ketones (excluding diaryl/α,β-unsaturated/α-hetero) is 1. The average Bonchev–Trinajstić information content (AvgIpc) is 2.74. The third-order valence-electron chi connectivity index (χ3n) is 4.67. The van der Waals surface area contributed by atoms with Gasteiger partial charge in [0.2, 0.25) is 0 Å². The molecule has 1 aromatic heterocycles. The number of anilines is 2. The predicted octanol–water partition coefficient (Wildman–Crippen LogP) is 2.82. The Balaban J connectivity index is 1.65. The smallest absolute Gasteiger partial charge is 0.409 e. The molecule has 152 valence electrons. The number of hydrogen-bond acceptors (Lipinski definition) is 6. The molecule has 2 amide bonds. The highest BCUT2D eigenvalue weighted by atomic mass is 16.6. The first-order valence-electron chi connectivity index (χ1n) is 9.53. The summed E-state index contributed by atoms with van der Waals surface area (Å²) in [6, 6.07) is 10.4. The van der Waals surface area contributed by atoms with Crippen LogP contribution in [0.25, 0.3) is 0 Å². The van der Waals surface area contributed by atoms with Gasteiger partial charge in [0, 0.05) is 49.3 Å². The zero-order chi connectivity index (χ0) is 20.8. The molecule has 1 N–H and O–H groups in total. The molecule has 0 atom stereocenters. The van der Waals surface area contributed by atoms with Crippen LogP contribution in [0.1, 0.15) is 34.7 Å². The normalized spacial score (nSPS) is 13.7. The van der Waals surface area contributed by atoms with Gasteiger partial charge in [0.15, 0.2) is 5.78 Å². The van der Waals surface area contributed by atoms with Gasteiger partial charge >= 0.3 is 6.09 Å². The second-order valence-electron chi connectivity index (χ2n) is 6.66. The van der Waals surface area contributed by atoms with E-state index in [9.17, 15) is 14.4 Å². The Bertz CT molecular complexity index is 907. The van der Waals surface area contributed by atoms with Crippen LogP contribution in [0, 0.1) is 0 Å². The molecule has 0 unspecified atom stereocenters. The highest BCUT2D eigenvalue weighted by Gasteiger charge is 2.22. The van der Waals surface area contributed by atoms with E-state index in [1.807, 2.05) is 6.07 Å². The van der Waals surface area contributed by atoms with E-state index >= 15 is 0 Å². The number of pyridine rings is 1. The Kier molecular flexibility index (Phi) is 6.43. The van der Waals surface area contributed by atoms with Crippen LogP contribution >= 0.6 is 0 Å². The molecule has 0 saturated carbocycles. The van der Waals surface area contributed by atoms with Crippen molar-refractivity contribution in [2.24, 2.45) is 0 Å². The summed E-state index contributed by atoms with van der Waals surface area (Å²) in [4.78, 5) is 43.9. The van der Waals surface area contributed by atoms with Crippen molar-refractivity contribution >= 4 is 29.2 Å². The molecular formula is C21H24N4O4. The van der Waals surface area contributed by atoms with Gasteiger partial charge in [-0.15, -0.1) is 0 Å². The fraction of sp³-hybridized carbons (Fsp3) is 0.333. The van der Waals surface area contributed by atoms with E-state index < -0.39 is 0 Å². The van der Waals surface area contributed by atoms with Gasteiger partial charge < -0.3 is 19.9 Å². The van der Waals surface area contributed by atoms with Gasteiger partial charge in [-0.25, -0.2) is 4.79 Å². The Morgan fingerprint density at radius 3 is 2.55 bits per heavy atom. The first-order chi connectivity index (χ1) is 14.0. The molecule has 0 bridgehead atoms. The molecule has 8 heteroatoms. The summed E-state index contributed by atoms with van der Waals surface area (Å²) < 4.78 is 5.04. The number of amides is 2. The van der Waals surface area contributed by atoms with Crippen molar-refractivity contribution in [1.29, 1.82) is 0 Å². The summed E-state index contributed by atoms with van der Waals surface area (Å²) in [7, 11) is 0. The number of ketones is 1. The van der Waals surface area contributed by atoms with E-state index in [1.165, 1.54) is 6.92 Å². The SMILES string of the molecule is CCOC(=O)N1CCN(c2ccnc(C(=O)Nc3cccc(C(C)=O)c3)c2)CC1. The molecule has 0 radical (unpaired) electrons. The standard InChI is InChI=1S/C21H24N4O4/c1-3-29-21(28)25-11-9-24(10-12-25)18-7-8-22-19(14-18)20(27)23-17-6-4-5-16(13-17)15(2)26/h4-8,13-14H,3,9-12H2,1-2H3,(H,23,27). The number of carbonyl (C=O) groups is 3. The summed E-state index contributed by atoms with van der Waals surface area (Å²) >= 11 is 0. The van der Waals surface area contributed by atoms with Crippen LogP contribution in [0.2, 0.25) is 0 Å². The zero-order valence-electron chi connectivity index (χ0n) is 16.6. The van der Waals surface area contributed by atoms with E-state index in [0.717, 1.165) is 5.69 Å². The third-order valence-corrected chi connectivity index (χ3v) is 4.67. The van der Waals surface area contributed by atoms with Crippen molar-refractivity contribution in [2.75, 3.05) is 43.0 Å². The highest BCUT2D eigenvalue weighted by Crippen LogP contribution is 2.19. The van der Waals surface area contributed by atoms with Crippen LogP contribution in [0.4, 0.5) is 16.2 Å². The van der Waals surface area contributed by atoms with Crippen LogP contribution in [0.15, 0.2) is 42.6 Å². The van der Waals surface area contributed by atoms with Gasteiger partial charge in [-0.3, -0.25) is 14.6 Å². The topological polar surface area (TPSA) is 91.8 Å². The maximum absolute atomic E-state index is 12.6. The minimum atomic E-state index is -0.349.